The van der Waals surface area contributed by atoms with E-state index in [4.69, 9.17) is 0 Å². The zero-order valence-electron chi connectivity index (χ0n) is 15.4. The minimum atomic E-state index is -0.00452. The van der Waals surface area contributed by atoms with Gasteiger partial charge in [-0.05, 0) is 30.7 Å². The predicted molar refractivity (Wildman–Crippen MR) is 118 cm³/mol. The van der Waals surface area contributed by atoms with Gasteiger partial charge in [0.05, 0.1) is 16.7 Å². The standard InChI is InChI=1S/C20H20N4OS.2ClH/c1-14-23-18(13-26-14)15-4-2-5-16(10-15)20(25)24-9-8-22-12-19(24)17-6-3-7-21-11-17;;/h2-7,10-11,13,19,22H,8-9,12H2,1H3;2*1H. The molecule has 1 aliphatic heterocycles. The van der Waals surface area contributed by atoms with Crippen LogP contribution in [-0.2, 0) is 0 Å². The fourth-order valence-electron chi connectivity index (χ4n) is 3.29. The minimum absolute atomic E-state index is 0. The first-order chi connectivity index (χ1) is 12.7. The molecule has 0 aliphatic carbocycles. The third kappa shape index (κ3) is 4.70. The Morgan fingerprint density at radius 1 is 1.25 bits per heavy atom. The van der Waals surface area contributed by atoms with Crippen molar-refractivity contribution in [1.82, 2.24) is 20.2 Å². The van der Waals surface area contributed by atoms with Crippen molar-refractivity contribution < 1.29 is 4.79 Å². The smallest absolute Gasteiger partial charge is 0.254 e. The molecule has 5 nitrogen and oxygen atoms in total. The van der Waals surface area contributed by atoms with Crippen molar-refractivity contribution in [2.45, 2.75) is 13.0 Å². The second-order valence-electron chi connectivity index (χ2n) is 6.34. The lowest BCUT2D eigenvalue weighted by molar-refractivity contribution is 0.0634. The fourth-order valence-corrected chi connectivity index (χ4v) is 3.91. The van der Waals surface area contributed by atoms with Gasteiger partial charge in [0, 0.05) is 48.5 Å². The van der Waals surface area contributed by atoms with E-state index in [0.29, 0.717) is 12.1 Å². The molecule has 1 N–H and O–H groups in total. The van der Waals surface area contributed by atoms with Crippen molar-refractivity contribution in [3.8, 4) is 11.3 Å². The Hall–Kier alpha value is -1.99. The molecule has 3 aromatic rings. The van der Waals surface area contributed by atoms with Gasteiger partial charge in [0.25, 0.3) is 5.91 Å². The highest BCUT2D eigenvalue weighted by atomic mass is 35.5. The molecule has 8 heteroatoms. The van der Waals surface area contributed by atoms with E-state index >= 15 is 0 Å². The maximum atomic E-state index is 13.2. The molecule has 1 saturated heterocycles. The van der Waals surface area contributed by atoms with E-state index in [1.165, 1.54) is 0 Å². The summed E-state index contributed by atoms with van der Waals surface area (Å²) in [4.78, 5) is 23.9. The van der Waals surface area contributed by atoms with Crippen LogP contribution in [0.15, 0.2) is 54.2 Å². The Bertz CT molecular complexity index is 919. The van der Waals surface area contributed by atoms with Gasteiger partial charge in [-0.3, -0.25) is 9.78 Å². The molecule has 1 amide bonds. The van der Waals surface area contributed by atoms with Gasteiger partial charge in [-0.15, -0.1) is 36.2 Å². The third-order valence-corrected chi connectivity index (χ3v) is 5.37. The average molecular weight is 437 g/mol. The number of aryl methyl sites for hydroxylation is 1. The van der Waals surface area contributed by atoms with Crippen LogP contribution in [0.4, 0.5) is 0 Å². The molecule has 1 fully saturated rings. The normalized spacial score (nSPS) is 16.0. The van der Waals surface area contributed by atoms with Crippen molar-refractivity contribution >= 4 is 42.1 Å². The number of benzene rings is 1. The van der Waals surface area contributed by atoms with Crippen molar-refractivity contribution in [1.29, 1.82) is 0 Å². The van der Waals surface area contributed by atoms with E-state index in [1.54, 1.807) is 17.5 Å². The van der Waals surface area contributed by atoms with Crippen LogP contribution in [0.1, 0.15) is 27.0 Å². The first-order valence-electron chi connectivity index (χ1n) is 8.66. The molecule has 4 rings (SSSR count). The second kappa shape index (κ2) is 9.98. The third-order valence-electron chi connectivity index (χ3n) is 4.60. The van der Waals surface area contributed by atoms with Gasteiger partial charge >= 0.3 is 0 Å². The zero-order valence-corrected chi connectivity index (χ0v) is 17.8. The summed E-state index contributed by atoms with van der Waals surface area (Å²) < 4.78 is 0. The summed E-state index contributed by atoms with van der Waals surface area (Å²) in [7, 11) is 0. The largest absolute Gasteiger partial charge is 0.329 e. The van der Waals surface area contributed by atoms with Gasteiger partial charge in [-0.1, -0.05) is 18.2 Å². The van der Waals surface area contributed by atoms with Gasteiger partial charge in [-0.2, -0.15) is 0 Å². The highest BCUT2D eigenvalue weighted by Gasteiger charge is 2.28. The van der Waals surface area contributed by atoms with Crippen LogP contribution >= 0.6 is 36.2 Å². The summed E-state index contributed by atoms with van der Waals surface area (Å²) in [6.45, 7) is 4.21. The Kier molecular flexibility index (Phi) is 7.95. The Labute approximate surface area is 181 Å². The van der Waals surface area contributed by atoms with Crippen LogP contribution in [0, 0.1) is 6.92 Å². The van der Waals surface area contributed by atoms with Crippen molar-refractivity contribution in [3.63, 3.8) is 0 Å². The molecule has 148 valence electrons. The number of aromatic nitrogens is 2. The number of hydrogen-bond acceptors (Lipinski definition) is 5. The monoisotopic (exact) mass is 436 g/mol. The Morgan fingerprint density at radius 3 is 2.82 bits per heavy atom. The first-order valence-corrected chi connectivity index (χ1v) is 9.54. The van der Waals surface area contributed by atoms with E-state index in [0.717, 1.165) is 34.9 Å². The van der Waals surface area contributed by atoms with Gasteiger partial charge in [-0.25, -0.2) is 4.98 Å². The fraction of sp³-hybridized carbons (Fsp3) is 0.250. The highest BCUT2D eigenvalue weighted by molar-refractivity contribution is 7.09. The predicted octanol–water partition coefficient (Wildman–Crippen LogP) is 4.14. The molecule has 0 bridgehead atoms. The van der Waals surface area contributed by atoms with Crippen molar-refractivity contribution in [2.24, 2.45) is 0 Å². The summed E-state index contributed by atoms with van der Waals surface area (Å²) in [5.41, 5.74) is 3.66. The van der Waals surface area contributed by atoms with Crippen molar-refractivity contribution in [2.75, 3.05) is 19.6 Å². The molecule has 2 aromatic heterocycles. The van der Waals surface area contributed by atoms with Gasteiger partial charge in [0.15, 0.2) is 0 Å². The first kappa shape index (κ1) is 22.3. The zero-order chi connectivity index (χ0) is 17.9. The number of carbonyl (C=O) groups is 1. The number of hydrogen-bond donors (Lipinski definition) is 1. The number of carbonyl (C=O) groups excluding carboxylic acids is 1. The van der Waals surface area contributed by atoms with Crippen molar-refractivity contribution in [3.05, 3.63) is 70.3 Å². The molecule has 0 spiro atoms. The van der Waals surface area contributed by atoms with Gasteiger partial charge in [0.1, 0.15) is 0 Å². The van der Waals surface area contributed by atoms with E-state index in [9.17, 15) is 4.79 Å². The van der Waals surface area contributed by atoms with Gasteiger partial charge in [0.2, 0.25) is 0 Å². The number of halogens is 2. The molecular formula is C20H22Cl2N4OS. The van der Waals surface area contributed by atoms with E-state index in [-0.39, 0.29) is 36.8 Å². The number of piperazine rings is 1. The van der Waals surface area contributed by atoms with E-state index in [2.05, 4.69) is 15.3 Å². The summed E-state index contributed by atoms with van der Waals surface area (Å²) in [5.74, 6) is 0.0501. The molecule has 1 aromatic carbocycles. The number of thiazole rings is 1. The number of pyridine rings is 1. The maximum absolute atomic E-state index is 13.2. The molecular weight excluding hydrogens is 415 g/mol. The minimum Gasteiger partial charge on any atom is -0.329 e. The quantitative estimate of drug-likeness (QED) is 0.669. The van der Waals surface area contributed by atoms with Crippen LogP contribution in [-0.4, -0.2) is 40.4 Å². The summed E-state index contributed by atoms with van der Waals surface area (Å²) in [5, 5.41) is 6.43. The lowest BCUT2D eigenvalue weighted by atomic mass is 10.0. The molecule has 1 aliphatic rings. The van der Waals surface area contributed by atoms with E-state index in [1.807, 2.05) is 59.8 Å². The van der Waals surface area contributed by atoms with Crippen LogP contribution in [0.2, 0.25) is 0 Å². The topological polar surface area (TPSA) is 58.1 Å². The SMILES string of the molecule is Cc1nc(-c2cccc(C(=O)N3CCNCC3c3cccnc3)c2)cs1.Cl.Cl. The number of nitrogens with one attached hydrogen (secondary N) is 1. The van der Waals surface area contributed by atoms with Crippen LogP contribution in [0.3, 0.4) is 0 Å². The number of amides is 1. The Balaban J connectivity index is 0.00000140. The molecule has 28 heavy (non-hydrogen) atoms. The second-order valence-corrected chi connectivity index (χ2v) is 7.40. The molecule has 1 atom stereocenters. The average Bonchev–Trinajstić information content (AvgIpc) is 3.15. The summed E-state index contributed by atoms with van der Waals surface area (Å²) >= 11 is 1.62. The maximum Gasteiger partial charge on any atom is 0.254 e. The lowest BCUT2D eigenvalue weighted by Gasteiger charge is -2.36. The number of nitrogens with zero attached hydrogens (tertiary/aromatic N) is 3. The highest BCUT2D eigenvalue weighted by Crippen LogP contribution is 2.26. The van der Waals surface area contributed by atoms with Crippen LogP contribution < -0.4 is 5.32 Å². The van der Waals surface area contributed by atoms with Gasteiger partial charge < -0.3 is 10.2 Å². The van der Waals surface area contributed by atoms with Crippen LogP contribution in [0.5, 0.6) is 0 Å². The molecule has 3 heterocycles. The summed E-state index contributed by atoms with van der Waals surface area (Å²) in [6, 6.07) is 11.7. The molecule has 0 radical (unpaired) electrons. The lowest BCUT2D eigenvalue weighted by Crippen LogP contribution is -2.48. The van der Waals surface area contributed by atoms with E-state index < -0.39 is 0 Å². The number of rotatable bonds is 3. The van der Waals surface area contributed by atoms with Crippen LogP contribution in [0.25, 0.3) is 11.3 Å². The molecule has 0 saturated carbocycles. The molecule has 1 unspecified atom stereocenters. The summed E-state index contributed by atoms with van der Waals surface area (Å²) in [6.07, 6.45) is 3.59. The Morgan fingerprint density at radius 2 is 2.11 bits per heavy atom.